The van der Waals surface area contributed by atoms with Crippen molar-refractivity contribution in [2.75, 3.05) is 0 Å². The Labute approximate surface area is 402 Å². The van der Waals surface area contributed by atoms with E-state index in [0.717, 1.165) is 0 Å². The third kappa shape index (κ3) is 6.93. The summed E-state index contributed by atoms with van der Waals surface area (Å²) in [5, 5.41) is 49.7. The number of aromatic nitrogens is 8. The molecule has 8 bridgehead atoms. The molecule has 16 nitrogen and oxygen atoms in total. The Morgan fingerprint density at radius 3 is 1.30 bits per heavy atom. The van der Waals surface area contributed by atoms with E-state index in [4.69, 9.17) is 0 Å². The maximum atomic E-state index is 12.4. The molecular formula is C36H14N8Na4O8. The van der Waals surface area contributed by atoms with Gasteiger partial charge in [-0.25, -0.2) is 29.9 Å². The minimum absolute atomic E-state index is 0. The van der Waals surface area contributed by atoms with E-state index in [1.807, 2.05) is 0 Å². The molecule has 3 aliphatic rings. The molecule has 2 N–H and O–H groups in total. The summed E-state index contributed by atoms with van der Waals surface area (Å²) in [6, 6.07) is 17.2. The number of carbonyl (C=O) groups excluding carboxylic acids is 4. The molecule has 0 radical (unpaired) electrons. The molecule has 2 aromatic heterocycles. The van der Waals surface area contributed by atoms with Gasteiger partial charge in [-0.2, -0.15) is 0 Å². The second kappa shape index (κ2) is 16.5. The smallest absolute Gasteiger partial charge is 0.545 e. The van der Waals surface area contributed by atoms with Crippen LogP contribution in [0.25, 0.3) is 90.4 Å². The molecule has 20 heteroatoms. The van der Waals surface area contributed by atoms with Crippen molar-refractivity contribution in [3.8, 4) is 68.3 Å². The van der Waals surface area contributed by atoms with Crippen LogP contribution in [-0.2, 0) is 0 Å². The predicted molar refractivity (Wildman–Crippen MR) is 172 cm³/mol. The standard InChI is InChI=1S/C36H18N8O8.4Na/c45-33(46)17-9-1-5-13-21(17)29-37-25(13)41-30-22-14(6-2-10-18(22)34(47)48)27(38-30)43-32-24-16(8-4-12-20(24)36(51)52)28(40-32)44-31-23-15(26(39-31)42-29)7-3-11-19(23)35(49)50;;;;/h1-12H,(H,45,46)(H,47,48)(H,49,50)(H,51,52)(H2,37,38,39,40,41,42,43,44);;;;/q;4*+1/p-4. The van der Waals surface area contributed by atoms with E-state index in [0.29, 0.717) is 0 Å². The van der Waals surface area contributed by atoms with Crippen LogP contribution in [0.1, 0.15) is 41.4 Å². The number of nitrogens with zero attached hydrogens (tertiary/aromatic N) is 6. The number of aromatic amines is 2. The minimum Gasteiger partial charge on any atom is -0.545 e. The Bertz CT molecular complexity index is 2920. The van der Waals surface area contributed by atoms with E-state index in [9.17, 15) is 39.6 Å². The zero-order valence-corrected chi connectivity index (χ0v) is 37.9. The molecular weight excluding hydrogens is 764 g/mol. The first-order valence-electron chi connectivity index (χ1n) is 15.3. The van der Waals surface area contributed by atoms with Crippen LogP contribution >= 0.6 is 0 Å². The molecule has 3 aliphatic heterocycles. The average Bonchev–Trinajstić information content (AvgIpc) is 3.86. The molecule has 4 aromatic carbocycles. The number of aromatic carboxylic acids is 4. The van der Waals surface area contributed by atoms with Crippen molar-refractivity contribution in [1.82, 2.24) is 39.9 Å². The number of benzene rings is 4. The fourth-order valence-corrected chi connectivity index (χ4v) is 6.67. The number of nitrogens with one attached hydrogen (secondary N) is 2. The molecule has 0 aliphatic carbocycles. The molecule has 56 heavy (non-hydrogen) atoms. The molecule has 0 saturated heterocycles. The number of carbonyl (C=O) groups is 4. The number of carboxylic acid groups (broad SMARTS) is 4. The first kappa shape index (κ1) is 43.2. The number of hydrogen-bond acceptors (Lipinski definition) is 14. The molecule has 6 aromatic rings. The number of rotatable bonds is 4. The summed E-state index contributed by atoms with van der Waals surface area (Å²) in [7, 11) is 0. The van der Waals surface area contributed by atoms with Gasteiger partial charge in [-0.15, -0.1) is 0 Å². The number of carboxylic acids is 4. The van der Waals surface area contributed by atoms with Gasteiger partial charge in [0.05, 0.1) is 23.9 Å². The zero-order valence-electron chi connectivity index (χ0n) is 29.9. The van der Waals surface area contributed by atoms with Gasteiger partial charge in [0.2, 0.25) is 0 Å². The summed E-state index contributed by atoms with van der Waals surface area (Å²) < 4.78 is 0. The number of H-pyrrole nitrogens is 2. The van der Waals surface area contributed by atoms with E-state index < -0.39 is 23.9 Å². The zero-order chi connectivity index (χ0) is 36.0. The van der Waals surface area contributed by atoms with Gasteiger partial charge in [0.25, 0.3) is 0 Å². The molecule has 0 amide bonds. The molecule has 0 unspecified atom stereocenters. The number of hydrogen-bond donors (Lipinski definition) is 2. The van der Waals surface area contributed by atoms with Gasteiger partial charge < -0.3 is 49.6 Å². The topological polar surface area (TPSA) is 269 Å². The van der Waals surface area contributed by atoms with E-state index in [1.165, 1.54) is 60.7 Å². The average molecular weight is 779 g/mol. The molecule has 250 valence electrons. The normalized spacial score (nSPS) is 10.9. The van der Waals surface area contributed by atoms with Crippen molar-refractivity contribution >= 4 is 45.9 Å². The van der Waals surface area contributed by atoms with Gasteiger partial charge in [0.15, 0.2) is 29.1 Å². The van der Waals surface area contributed by atoms with Gasteiger partial charge in [0, 0.05) is 66.4 Å². The van der Waals surface area contributed by atoms with Gasteiger partial charge in [0.1, 0.15) is 17.1 Å². The second-order valence-electron chi connectivity index (χ2n) is 11.7. The third-order valence-corrected chi connectivity index (χ3v) is 8.82. The third-order valence-electron chi connectivity index (χ3n) is 8.82. The minimum atomic E-state index is -1.55. The Morgan fingerprint density at radius 1 is 0.429 bits per heavy atom. The van der Waals surface area contributed by atoms with Crippen LogP contribution in [0.3, 0.4) is 0 Å². The fourth-order valence-electron chi connectivity index (χ4n) is 6.67. The van der Waals surface area contributed by atoms with E-state index >= 15 is 0 Å². The van der Waals surface area contributed by atoms with Crippen LogP contribution in [0.5, 0.6) is 0 Å². The molecule has 0 fully saturated rings. The SMILES string of the molecule is O=C([O-])c1cccc2c1-c1nc3nc(nc4[nH]c([nH]c5nc(nc-2n1)-c1c(C(=O)[O-])cccc1-5)c1c(C(=O)[O-])cccc41)-c1c(C(=O)[O-])cccc1-3.[Na+].[Na+].[Na+].[Na+]. The fraction of sp³-hybridized carbons (Fsp3) is 0. The summed E-state index contributed by atoms with van der Waals surface area (Å²) in [5.41, 5.74) is -0.235. The van der Waals surface area contributed by atoms with Crippen molar-refractivity contribution in [2.24, 2.45) is 0 Å². The molecule has 5 heterocycles. The summed E-state index contributed by atoms with van der Waals surface area (Å²) in [6.07, 6.45) is 0. The first-order valence-corrected chi connectivity index (χ1v) is 15.3. The van der Waals surface area contributed by atoms with Crippen LogP contribution < -0.4 is 139 Å². The quantitative estimate of drug-likeness (QED) is 0.157. The Kier molecular flexibility index (Phi) is 12.8. The van der Waals surface area contributed by atoms with Gasteiger partial charge in [-0.3, -0.25) is 0 Å². The van der Waals surface area contributed by atoms with Crippen molar-refractivity contribution in [3.63, 3.8) is 0 Å². The van der Waals surface area contributed by atoms with Crippen molar-refractivity contribution < 1.29 is 158 Å². The van der Waals surface area contributed by atoms with Gasteiger partial charge in [-0.05, 0) is 0 Å². The van der Waals surface area contributed by atoms with Gasteiger partial charge >= 0.3 is 118 Å². The van der Waals surface area contributed by atoms with Crippen LogP contribution in [0.2, 0.25) is 0 Å². The van der Waals surface area contributed by atoms with E-state index in [1.54, 1.807) is 12.1 Å². The summed E-state index contributed by atoms with van der Waals surface area (Å²) >= 11 is 0. The predicted octanol–water partition coefficient (Wildman–Crippen LogP) is -11.8. The maximum absolute atomic E-state index is 12.4. The molecule has 0 saturated carbocycles. The van der Waals surface area contributed by atoms with Crippen molar-refractivity contribution in [3.05, 3.63) is 95.1 Å². The number of fused-ring (bicyclic) bond motifs is 20. The largest absolute Gasteiger partial charge is 1.00 e. The maximum Gasteiger partial charge on any atom is 1.00 e. The van der Waals surface area contributed by atoms with Crippen LogP contribution in [0.15, 0.2) is 72.8 Å². The van der Waals surface area contributed by atoms with Crippen LogP contribution in [0.4, 0.5) is 0 Å². The molecule has 9 rings (SSSR count). The van der Waals surface area contributed by atoms with Crippen LogP contribution in [-0.4, -0.2) is 63.7 Å². The monoisotopic (exact) mass is 778 g/mol. The van der Waals surface area contributed by atoms with Crippen LogP contribution in [0, 0.1) is 0 Å². The Hall–Kier alpha value is -3.88. The second-order valence-corrected chi connectivity index (χ2v) is 11.7. The Balaban J connectivity index is 0.00000150. The summed E-state index contributed by atoms with van der Waals surface area (Å²) in [4.78, 5) is 83.0. The molecule has 0 atom stereocenters. The van der Waals surface area contributed by atoms with Crippen molar-refractivity contribution in [2.45, 2.75) is 0 Å². The van der Waals surface area contributed by atoms with E-state index in [-0.39, 0.29) is 231 Å². The molecule has 0 spiro atoms. The summed E-state index contributed by atoms with van der Waals surface area (Å²) in [5.74, 6) is -6.74. The van der Waals surface area contributed by atoms with Crippen molar-refractivity contribution in [1.29, 1.82) is 0 Å². The van der Waals surface area contributed by atoms with E-state index in [2.05, 4.69) is 39.9 Å². The Morgan fingerprint density at radius 2 is 0.821 bits per heavy atom. The summed E-state index contributed by atoms with van der Waals surface area (Å²) in [6.45, 7) is 0. The first-order chi connectivity index (χ1) is 25.1. The van der Waals surface area contributed by atoms with Gasteiger partial charge in [-0.1, -0.05) is 72.8 Å².